The van der Waals surface area contributed by atoms with Crippen LogP contribution < -0.4 is 9.47 Å². The number of benzene rings is 1. The fraction of sp³-hybridized carbons (Fsp3) is 0.333. The van der Waals surface area contributed by atoms with Crippen molar-refractivity contribution in [2.75, 3.05) is 21.0 Å². The lowest BCUT2D eigenvalue weighted by Gasteiger charge is -2.38. The molecule has 27 heavy (non-hydrogen) atoms. The number of carbonyl (C=O) groups is 2. The quantitative estimate of drug-likeness (QED) is 0.542. The zero-order valence-electron chi connectivity index (χ0n) is 15.6. The average molecular weight is 370 g/mol. The Balaban J connectivity index is 2.01. The van der Waals surface area contributed by atoms with Crippen LogP contribution >= 0.6 is 0 Å². The fourth-order valence-corrected chi connectivity index (χ4v) is 3.43. The summed E-state index contributed by atoms with van der Waals surface area (Å²) in [6.07, 6.45) is 5.07. The van der Waals surface area contributed by atoms with E-state index in [-0.39, 0.29) is 18.4 Å². The van der Waals surface area contributed by atoms with E-state index in [1.807, 2.05) is 0 Å². The average Bonchev–Trinajstić information content (AvgIpc) is 3.16. The number of carbonyl (C=O) groups excluding carboxylic acids is 2. The van der Waals surface area contributed by atoms with Gasteiger partial charge in [-0.2, -0.15) is 0 Å². The molecule has 0 saturated carbocycles. The van der Waals surface area contributed by atoms with Crippen LogP contribution in [0.5, 0.6) is 11.5 Å². The van der Waals surface area contributed by atoms with E-state index in [1.165, 1.54) is 20.3 Å². The second-order valence-electron chi connectivity index (χ2n) is 6.39. The molecule has 6 heteroatoms. The van der Waals surface area contributed by atoms with Gasteiger partial charge in [-0.15, -0.1) is 6.58 Å². The third kappa shape index (κ3) is 3.17. The van der Waals surface area contributed by atoms with Gasteiger partial charge in [0.25, 0.3) is 0 Å². The van der Waals surface area contributed by atoms with Gasteiger partial charge in [0.1, 0.15) is 5.76 Å². The molecule has 142 valence electrons. The SMILES string of the molecule is C=CCC1=CC(OC)(C(C)C(=O)c2ccc3c(c2)OCO3)C(OC)=CC1=O. The molecule has 2 unspecified atom stereocenters. The molecular formula is C21H22O6. The summed E-state index contributed by atoms with van der Waals surface area (Å²) in [5.74, 6) is 0.438. The van der Waals surface area contributed by atoms with Crippen LogP contribution in [0, 0.1) is 5.92 Å². The molecule has 3 rings (SSSR count). The Bertz CT molecular complexity index is 850. The minimum absolute atomic E-state index is 0.136. The van der Waals surface area contributed by atoms with Gasteiger partial charge >= 0.3 is 0 Å². The van der Waals surface area contributed by atoms with Crippen molar-refractivity contribution < 1.29 is 28.5 Å². The molecule has 1 aromatic rings. The molecule has 0 fully saturated rings. The number of methoxy groups -OCH3 is 2. The molecule has 0 amide bonds. The Morgan fingerprint density at radius 2 is 2.07 bits per heavy atom. The standard InChI is InChI=1S/C21H22O6/c1-5-6-15-11-21(25-4,19(24-3)10-16(15)22)13(2)20(23)14-7-8-17-18(9-14)27-12-26-17/h5,7-11,13H,1,6,12H2,2-4H3. The number of fused-ring (bicyclic) bond motifs is 1. The number of hydrogen-bond acceptors (Lipinski definition) is 6. The van der Waals surface area contributed by atoms with Gasteiger partial charge in [0.05, 0.1) is 13.0 Å². The van der Waals surface area contributed by atoms with Crippen molar-refractivity contribution in [3.05, 3.63) is 59.9 Å². The molecule has 1 aromatic carbocycles. The van der Waals surface area contributed by atoms with Crippen LogP contribution in [-0.2, 0) is 14.3 Å². The van der Waals surface area contributed by atoms with Gasteiger partial charge in [-0.3, -0.25) is 9.59 Å². The maximum Gasteiger partial charge on any atom is 0.231 e. The summed E-state index contributed by atoms with van der Waals surface area (Å²) in [5, 5.41) is 0. The topological polar surface area (TPSA) is 71.1 Å². The highest BCUT2D eigenvalue weighted by Gasteiger charge is 2.46. The van der Waals surface area contributed by atoms with Crippen LogP contribution in [0.3, 0.4) is 0 Å². The Hall–Kier alpha value is -2.86. The van der Waals surface area contributed by atoms with Crippen LogP contribution in [0.15, 0.2) is 54.3 Å². The predicted octanol–water partition coefficient (Wildman–Crippen LogP) is 3.23. The summed E-state index contributed by atoms with van der Waals surface area (Å²) in [4.78, 5) is 25.5. The van der Waals surface area contributed by atoms with Gasteiger partial charge in [0.15, 0.2) is 28.7 Å². The van der Waals surface area contributed by atoms with Crippen LogP contribution in [0.2, 0.25) is 0 Å². The van der Waals surface area contributed by atoms with Crippen molar-refractivity contribution in [2.24, 2.45) is 5.92 Å². The largest absolute Gasteiger partial charge is 0.497 e. The highest BCUT2D eigenvalue weighted by molar-refractivity contribution is 6.07. The molecule has 0 saturated heterocycles. The smallest absolute Gasteiger partial charge is 0.231 e. The Labute approximate surface area is 158 Å². The first kappa shape index (κ1) is 18.9. The van der Waals surface area contributed by atoms with Crippen molar-refractivity contribution in [1.82, 2.24) is 0 Å². The van der Waals surface area contributed by atoms with Crippen molar-refractivity contribution in [2.45, 2.75) is 18.9 Å². The minimum atomic E-state index is -1.19. The lowest BCUT2D eigenvalue weighted by atomic mass is 9.76. The Morgan fingerprint density at radius 1 is 1.33 bits per heavy atom. The van der Waals surface area contributed by atoms with Gasteiger partial charge in [-0.1, -0.05) is 13.0 Å². The Morgan fingerprint density at radius 3 is 2.74 bits per heavy atom. The van der Waals surface area contributed by atoms with Crippen LogP contribution in [0.1, 0.15) is 23.7 Å². The number of ketones is 2. The van der Waals surface area contributed by atoms with Crippen LogP contribution in [0.25, 0.3) is 0 Å². The third-order valence-corrected chi connectivity index (χ3v) is 4.97. The normalized spacial score (nSPS) is 22.0. The van der Waals surface area contributed by atoms with Gasteiger partial charge in [0, 0.05) is 24.3 Å². The summed E-state index contributed by atoms with van der Waals surface area (Å²) >= 11 is 0. The Kier molecular flexibility index (Phi) is 5.19. The molecule has 0 N–H and O–H groups in total. The zero-order chi connectivity index (χ0) is 19.6. The van der Waals surface area contributed by atoms with E-state index in [0.29, 0.717) is 34.8 Å². The monoisotopic (exact) mass is 370 g/mol. The highest BCUT2D eigenvalue weighted by Crippen LogP contribution is 2.40. The second-order valence-corrected chi connectivity index (χ2v) is 6.39. The predicted molar refractivity (Wildman–Crippen MR) is 98.8 cm³/mol. The van der Waals surface area contributed by atoms with E-state index in [0.717, 1.165) is 0 Å². The van der Waals surface area contributed by atoms with E-state index < -0.39 is 11.5 Å². The van der Waals surface area contributed by atoms with Gasteiger partial charge < -0.3 is 18.9 Å². The molecule has 0 radical (unpaired) electrons. The number of Topliss-reactive ketones (excluding diaryl/α,β-unsaturated/α-hetero) is 1. The minimum Gasteiger partial charge on any atom is -0.497 e. The zero-order valence-corrected chi connectivity index (χ0v) is 15.6. The summed E-state index contributed by atoms with van der Waals surface area (Å²) in [5.41, 5.74) is -0.207. The lowest BCUT2D eigenvalue weighted by molar-refractivity contribution is -0.112. The van der Waals surface area contributed by atoms with Crippen molar-refractivity contribution in [3.63, 3.8) is 0 Å². The molecule has 6 nitrogen and oxygen atoms in total. The van der Waals surface area contributed by atoms with Gasteiger partial charge in [0.2, 0.25) is 6.79 Å². The summed E-state index contributed by atoms with van der Waals surface area (Å²) in [7, 11) is 2.95. The first-order chi connectivity index (χ1) is 13.0. The molecule has 0 aromatic heterocycles. The summed E-state index contributed by atoms with van der Waals surface area (Å²) in [6, 6.07) is 5.05. The third-order valence-electron chi connectivity index (χ3n) is 4.97. The van der Waals surface area contributed by atoms with E-state index in [1.54, 1.807) is 37.3 Å². The second kappa shape index (κ2) is 7.40. The van der Waals surface area contributed by atoms with Crippen LogP contribution in [0.4, 0.5) is 0 Å². The molecule has 2 atom stereocenters. The number of ether oxygens (including phenoxy) is 4. The lowest BCUT2D eigenvalue weighted by Crippen LogP contribution is -2.45. The molecule has 2 aliphatic rings. The first-order valence-electron chi connectivity index (χ1n) is 8.59. The van der Waals surface area contributed by atoms with E-state index in [4.69, 9.17) is 18.9 Å². The first-order valence-corrected chi connectivity index (χ1v) is 8.59. The molecular weight excluding hydrogens is 348 g/mol. The number of allylic oxidation sites excluding steroid dienone is 3. The van der Waals surface area contributed by atoms with Crippen LogP contribution in [-0.4, -0.2) is 38.2 Å². The molecule has 0 spiro atoms. The van der Waals surface area contributed by atoms with Crippen molar-refractivity contribution in [3.8, 4) is 11.5 Å². The number of hydrogen-bond donors (Lipinski definition) is 0. The summed E-state index contributed by atoms with van der Waals surface area (Å²) < 4.78 is 21.9. The molecule has 1 heterocycles. The van der Waals surface area contributed by atoms with Crippen molar-refractivity contribution in [1.29, 1.82) is 0 Å². The highest BCUT2D eigenvalue weighted by atomic mass is 16.7. The van der Waals surface area contributed by atoms with Crippen molar-refractivity contribution >= 4 is 11.6 Å². The van der Waals surface area contributed by atoms with E-state index >= 15 is 0 Å². The summed E-state index contributed by atoms with van der Waals surface area (Å²) in [6.45, 7) is 5.57. The molecule has 0 bridgehead atoms. The van der Waals surface area contributed by atoms with E-state index in [9.17, 15) is 9.59 Å². The maximum atomic E-state index is 13.2. The maximum absolute atomic E-state index is 13.2. The van der Waals surface area contributed by atoms with Gasteiger partial charge in [-0.05, 0) is 30.7 Å². The van der Waals surface area contributed by atoms with E-state index in [2.05, 4.69) is 6.58 Å². The van der Waals surface area contributed by atoms with Gasteiger partial charge in [-0.25, -0.2) is 0 Å². The number of rotatable bonds is 7. The molecule has 1 aliphatic carbocycles. The fourth-order valence-electron chi connectivity index (χ4n) is 3.43. The molecule has 1 aliphatic heterocycles.